The van der Waals surface area contributed by atoms with Gasteiger partial charge in [-0.1, -0.05) is 36.4 Å². The van der Waals surface area contributed by atoms with E-state index in [1.165, 1.54) is 0 Å². The number of methoxy groups -OCH3 is 2. The van der Waals surface area contributed by atoms with Crippen LogP contribution in [-0.4, -0.2) is 95.6 Å². The molecule has 0 aromatic heterocycles. The summed E-state index contributed by atoms with van der Waals surface area (Å²) in [4.78, 5) is 55.3. The summed E-state index contributed by atoms with van der Waals surface area (Å²) in [6.07, 6.45) is 5.32. The number of amides is 3. The molecule has 0 saturated heterocycles. The number of aliphatic imine (C=N–C) groups is 2. The second kappa shape index (κ2) is 19.1. The molecule has 2 atom stereocenters. The summed E-state index contributed by atoms with van der Waals surface area (Å²) >= 11 is 4.14. The molecule has 15 heteroatoms. The molecule has 0 aliphatic carbocycles. The van der Waals surface area contributed by atoms with Crippen molar-refractivity contribution in [3.8, 4) is 23.0 Å². The van der Waals surface area contributed by atoms with Gasteiger partial charge in [0.25, 0.3) is 11.8 Å². The van der Waals surface area contributed by atoms with Crippen LogP contribution in [0.4, 0.5) is 28.4 Å². The lowest BCUT2D eigenvalue weighted by molar-refractivity contribution is -0.122. The third-order valence-corrected chi connectivity index (χ3v) is 12.2. The van der Waals surface area contributed by atoms with Gasteiger partial charge in [-0.2, -0.15) is 12.6 Å². The van der Waals surface area contributed by atoms with E-state index in [2.05, 4.69) is 22.8 Å². The maximum Gasteiger partial charge on any atom is 0.261 e. The standard InChI is InChI=1S/C50H50N6O8S/c1-54(14-16-62-15-12-48(57)51-13-17-65)35-19-31(29-63-46-25-40-38(23-44(46)60-2)49(58)55-36(27-52-40)21-33-8-4-6-10-42(33)55)18-32(20-35)30-64-47-26-41-39(24-45(47)61-3)50(59)56-37(28-53-41)22-34-9-5-7-11-43(34)56/h4-11,18-20,23-28,36-37,65H,12-17,21-22,29-30H2,1-3H3,(H,51,57)/t36-,37-/m0/s1. The molecule has 1 N–H and O–H groups in total. The number of hydrogen-bond acceptors (Lipinski definition) is 12. The lowest BCUT2D eigenvalue weighted by atomic mass is 10.1. The Kier molecular flexibility index (Phi) is 12.8. The van der Waals surface area contributed by atoms with Crippen molar-refractivity contribution >= 4 is 71.2 Å². The highest BCUT2D eigenvalue weighted by Gasteiger charge is 2.38. The van der Waals surface area contributed by atoms with Crippen LogP contribution in [0.1, 0.15) is 49.4 Å². The molecular formula is C50H50N6O8S. The SMILES string of the molecule is COc1cc2c(cc1OCc1cc(COc3cc4c(cc3OC)C(=O)N3c5ccccc5C[C@H]3C=N4)cc(N(C)CCOCCC(=O)NCCS)c1)N=C[C@@H]1Cc3ccccc3N1C2=O. The van der Waals surface area contributed by atoms with Gasteiger partial charge in [0.05, 0.1) is 62.0 Å². The predicted octanol–water partition coefficient (Wildman–Crippen LogP) is 7.33. The van der Waals surface area contributed by atoms with Crippen LogP contribution in [0.5, 0.6) is 23.0 Å². The monoisotopic (exact) mass is 894 g/mol. The first-order chi connectivity index (χ1) is 31.7. The minimum absolute atomic E-state index is 0.0731. The Labute approximate surface area is 383 Å². The highest BCUT2D eigenvalue weighted by Crippen LogP contribution is 2.43. The van der Waals surface area contributed by atoms with Crippen LogP contribution in [-0.2, 0) is 35.6 Å². The van der Waals surface area contributed by atoms with Crippen LogP contribution in [0.15, 0.2) is 101 Å². The molecule has 4 heterocycles. The summed E-state index contributed by atoms with van der Waals surface area (Å²) < 4.78 is 30.4. The summed E-state index contributed by atoms with van der Waals surface area (Å²) in [5.41, 5.74) is 8.44. The van der Waals surface area contributed by atoms with Gasteiger partial charge in [-0.15, -0.1) is 0 Å². The number of ether oxygens (including phenoxy) is 5. The van der Waals surface area contributed by atoms with Crippen molar-refractivity contribution < 1.29 is 38.1 Å². The summed E-state index contributed by atoms with van der Waals surface area (Å²) in [5, 5.41) is 2.80. The minimum atomic E-state index is -0.187. The quantitative estimate of drug-likeness (QED) is 0.0725. The molecule has 5 aromatic rings. The van der Waals surface area contributed by atoms with Gasteiger partial charge in [-0.3, -0.25) is 34.2 Å². The Bertz CT molecular complexity index is 2550. The zero-order valence-electron chi connectivity index (χ0n) is 36.5. The van der Waals surface area contributed by atoms with Crippen LogP contribution in [0.25, 0.3) is 0 Å². The first-order valence-electron chi connectivity index (χ1n) is 21.6. The van der Waals surface area contributed by atoms with E-state index in [1.54, 1.807) is 48.3 Å². The van der Waals surface area contributed by atoms with Crippen molar-refractivity contribution in [3.63, 3.8) is 0 Å². The number of nitrogens with one attached hydrogen (secondary N) is 1. The number of rotatable bonds is 17. The van der Waals surface area contributed by atoms with E-state index in [0.717, 1.165) is 39.3 Å². The van der Waals surface area contributed by atoms with Crippen molar-refractivity contribution in [3.05, 3.63) is 124 Å². The first-order valence-corrected chi connectivity index (χ1v) is 22.3. The number of carbonyl (C=O) groups excluding carboxylic acids is 3. The zero-order chi connectivity index (χ0) is 45.0. The number of hydrogen-bond donors (Lipinski definition) is 2. The van der Waals surface area contributed by atoms with Crippen molar-refractivity contribution in [1.82, 2.24) is 5.32 Å². The summed E-state index contributed by atoms with van der Waals surface area (Å²) in [6, 6.07) is 28.5. The number of para-hydroxylation sites is 2. The highest BCUT2D eigenvalue weighted by atomic mass is 32.1. The Morgan fingerprint density at radius 2 is 1.25 bits per heavy atom. The molecule has 0 radical (unpaired) electrons. The Morgan fingerprint density at radius 3 is 1.75 bits per heavy atom. The normalized spacial score (nSPS) is 16.4. The van der Waals surface area contributed by atoms with Gasteiger partial charge in [0, 0.05) is 86.8 Å². The van der Waals surface area contributed by atoms with E-state index in [1.807, 2.05) is 86.2 Å². The smallest absolute Gasteiger partial charge is 0.261 e. The Hall–Kier alpha value is -6.84. The zero-order valence-corrected chi connectivity index (χ0v) is 37.4. The number of fused-ring (bicyclic) bond motifs is 8. The Balaban J connectivity index is 0.950. The molecule has 5 aromatic carbocycles. The van der Waals surface area contributed by atoms with E-state index in [9.17, 15) is 14.4 Å². The van der Waals surface area contributed by atoms with E-state index < -0.39 is 0 Å². The molecule has 4 aliphatic heterocycles. The molecule has 0 unspecified atom stereocenters. The number of carbonyl (C=O) groups is 3. The number of thiol groups is 1. The summed E-state index contributed by atoms with van der Waals surface area (Å²) in [7, 11) is 5.07. The summed E-state index contributed by atoms with van der Waals surface area (Å²) in [6.45, 7) is 2.06. The third-order valence-electron chi connectivity index (χ3n) is 12.0. The number of benzene rings is 5. The molecule has 0 fully saturated rings. The lowest BCUT2D eigenvalue weighted by Crippen LogP contribution is -2.37. The molecule has 4 aliphatic rings. The fourth-order valence-corrected chi connectivity index (χ4v) is 8.82. The van der Waals surface area contributed by atoms with Crippen LogP contribution >= 0.6 is 12.6 Å². The van der Waals surface area contributed by atoms with E-state index in [4.69, 9.17) is 33.7 Å². The maximum absolute atomic E-state index is 14.0. The maximum atomic E-state index is 14.0. The van der Waals surface area contributed by atoms with Gasteiger partial charge in [-0.25, -0.2) is 0 Å². The largest absolute Gasteiger partial charge is 0.493 e. The van der Waals surface area contributed by atoms with Gasteiger partial charge < -0.3 is 33.9 Å². The van der Waals surface area contributed by atoms with E-state index in [-0.39, 0.29) is 49.4 Å². The fraction of sp³-hybridized carbons (Fsp3) is 0.300. The molecular weight excluding hydrogens is 845 g/mol. The average Bonchev–Trinajstić information content (AvgIpc) is 3.82. The van der Waals surface area contributed by atoms with Gasteiger partial charge in [-0.05, 0) is 64.7 Å². The minimum Gasteiger partial charge on any atom is -0.493 e. The van der Waals surface area contributed by atoms with Gasteiger partial charge >= 0.3 is 0 Å². The molecule has 14 nitrogen and oxygen atoms in total. The second-order valence-electron chi connectivity index (χ2n) is 16.2. The topological polar surface area (TPSA) is 144 Å². The summed E-state index contributed by atoms with van der Waals surface area (Å²) in [5.74, 6) is 1.91. The third kappa shape index (κ3) is 8.98. The van der Waals surface area contributed by atoms with Gasteiger partial charge in [0.15, 0.2) is 23.0 Å². The lowest BCUT2D eigenvalue weighted by Gasteiger charge is -2.23. The number of anilines is 3. The van der Waals surface area contributed by atoms with E-state index in [0.29, 0.717) is 90.4 Å². The molecule has 3 amide bonds. The van der Waals surface area contributed by atoms with Crippen molar-refractivity contribution in [2.24, 2.45) is 9.98 Å². The van der Waals surface area contributed by atoms with E-state index >= 15 is 0 Å². The average molecular weight is 895 g/mol. The van der Waals surface area contributed by atoms with Crippen LogP contribution in [0.2, 0.25) is 0 Å². The predicted molar refractivity (Wildman–Crippen MR) is 254 cm³/mol. The number of likely N-dealkylation sites (N-methyl/N-ethyl adjacent to an activating group) is 1. The molecule has 0 spiro atoms. The van der Waals surface area contributed by atoms with Gasteiger partial charge in [0.1, 0.15) is 13.2 Å². The van der Waals surface area contributed by atoms with Crippen LogP contribution < -0.4 is 39.0 Å². The molecule has 9 rings (SSSR count). The van der Waals surface area contributed by atoms with Crippen molar-refractivity contribution in [1.29, 1.82) is 0 Å². The molecule has 334 valence electrons. The number of nitrogens with zero attached hydrogens (tertiary/aromatic N) is 5. The molecule has 65 heavy (non-hydrogen) atoms. The first kappa shape index (κ1) is 43.4. The Morgan fingerprint density at radius 1 is 0.723 bits per heavy atom. The van der Waals surface area contributed by atoms with Crippen molar-refractivity contribution in [2.45, 2.75) is 44.6 Å². The molecule has 0 saturated carbocycles. The fourth-order valence-electron chi connectivity index (χ4n) is 8.71. The van der Waals surface area contributed by atoms with Gasteiger partial charge in [0.2, 0.25) is 5.91 Å². The highest BCUT2D eigenvalue weighted by molar-refractivity contribution is 7.80. The molecule has 0 bridgehead atoms. The van der Waals surface area contributed by atoms with Crippen molar-refractivity contribution in [2.75, 3.05) is 68.0 Å². The second-order valence-corrected chi connectivity index (χ2v) is 16.6. The van der Waals surface area contributed by atoms with Crippen LogP contribution in [0, 0.1) is 0 Å². The van der Waals surface area contributed by atoms with Crippen LogP contribution in [0.3, 0.4) is 0 Å².